The number of carbonyl (C=O) groups excluding carboxylic acids is 3. The minimum Gasteiger partial charge on any atom is -0.444 e. The third-order valence-electron chi connectivity index (χ3n) is 10.7. The van der Waals surface area contributed by atoms with Crippen molar-refractivity contribution in [2.45, 2.75) is 77.2 Å². The maximum atomic E-state index is 13.0. The van der Waals surface area contributed by atoms with E-state index in [1.54, 1.807) is 24.5 Å². The largest absolute Gasteiger partial charge is 0.444 e. The molecule has 6 aromatic rings. The second-order valence-electron chi connectivity index (χ2n) is 16.6. The number of nitrogens with two attached hydrogens (primary N) is 1. The van der Waals surface area contributed by atoms with Crippen molar-refractivity contribution in [1.29, 1.82) is 0 Å². The molecule has 3 amide bonds. The molecule has 14 nitrogen and oxygen atoms in total. The Morgan fingerprint density at radius 1 is 0.677 bits per heavy atom. The van der Waals surface area contributed by atoms with Crippen molar-refractivity contribution in [1.82, 2.24) is 35.9 Å². The highest BCUT2D eigenvalue weighted by Gasteiger charge is 2.28. The number of benzene rings is 4. The van der Waals surface area contributed by atoms with Gasteiger partial charge in [-0.2, -0.15) is 0 Å². The molecule has 0 aliphatic carbocycles. The van der Waals surface area contributed by atoms with Gasteiger partial charge in [-0.1, -0.05) is 84.9 Å². The Labute approximate surface area is 368 Å². The molecule has 324 valence electrons. The van der Waals surface area contributed by atoms with Crippen LogP contribution < -0.4 is 31.5 Å². The lowest BCUT2D eigenvalue weighted by Crippen LogP contribution is -2.40. The maximum Gasteiger partial charge on any atom is 0.407 e. The Kier molecular flexibility index (Phi) is 14.6. The van der Waals surface area contributed by atoms with Gasteiger partial charge < -0.3 is 36.2 Å². The van der Waals surface area contributed by atoms with Gasteiger partial charge in [0.15, 0.2) is 0 Å². The number of hydrogen-bond acceptors (Lipinski definition) is 11. The molecule has 0 unspecified atom stereocenters. The molecular formula is C47H55ClN10O4. The van der Waals surface area contributed by atoms with Crippen LogP contribution in [0, 0.1) is 0 Å². The third-order valence-corrected chi connectivity index (χ3v) is 10.7. The minimum absolute atomic E-state index is 0. The lowest BCUT2D eigenvalue weighted by Gasteiger charge is -2.22. The number of halogens is 1. The van der Waals surface area contributed by atoms with Crippen LogP contribution in [0.3, 0.4) is 0 Å². The van der Waals surface area contributed by atoms with Gasteiger partial charge in [-0.15, -0.1) is 12.4 Å². The SMILES string of the molecule is C[C@@H](NC(=O)c1ccnc(N2CC[C@@H](N)C2)n1)c1cccc2ccccc12.C[C@@H](NC(=O)c1ccnc(N2CC[C@@H](NC(=O)OC(C)(C)C)C2)n1)c1cccc2ccccc12.Cl. The number of fused-ring (bicyclic) bond motifs is 2. The first-order chi connectivity index (χ1) is 29.3. The fourth-order valence-electron chi connectivity index (χ4n) is 7.71. The molecule has 2 aromatic heterocycles. The topological polar surface area (TPSA) is 181 Å². The molecule has 62 heavy (non-hydrogen) atoms. The molecule has 2 aliphatic rings. The smallest absolute Gasteiger partial charge is 0.407 e. The average molecular weight is 859 g/mol. The Bertz CT molecular complexity index is 2510. The molecule has 2 aliphatic heterocycles. The summed E-state index contributed by atoms with van der Waals surface area (Å²) in [7, 11) is 0. The van der Waals surface area contributed by atoms with E-state index in [-0.39, 0.29) is 48.4 Å². The zero-order chi connectivity index (χ0) is 43.1. The summed E-state index contributed by atoms with van der Waals surface area (Å²) in [5, 5.41) is 13.6. The maximum absolute atomic E-state index is 13.0. The van der Waals surface area contributed by atoms with Crippen molar-refractivity contribution >= 4 is 63.8 Å². The van der Waals surface area contributed by atoms with Gasteiger partial charge in [0.05, 0.1) is 18.1 Å². The number of nitrogens with zero attached hydrogens (tertiary/aromatic N) is 6. The summed E-state index contributed by atoms with van der Waals surface area (Å²) in [6.07, 6.45) is 4.45. The van der Waals surface area contributed by atoms with Gasteiger partial charge in [0.25, 0.3) is 11.8 Å². The number of anilines is 2. The molecule has 8 rings (SSSR count). The molecule has 0 radical (unpaired) electrons. The van der Waals surface area contributed by atoms with Gasteiger partial charge >= 0.3 is 6.09 Å². The first kappa shape index (κ1) is 45.2. The molecule has 4 aromatic carbocycles. The van der Waals surface area contributed by atoms with E-state index in [0.29, 0.717) is 36.4 Å². The number of alkyl carbamates (subject to hydrolysis) is 1. The van der Waals surface area contributed by atoms with Crippen LogP contribution in [-0.4, -0.2) is 81.7 Å². The summed E-state index contributed by atoms with van der Waals surface area (Å²) in [6, 6.07) is 31.5. The number of carbonyl (C=O) groups is 3. The second-order valence-corrected chi connectivity index (χ2v) is 16.6. The van der Waals surface area contributed by atoms with Crippen LogP contribution in [0.5, 0.6) is 0 Å². The lowest BCUT2D eigenvalue weighted by molar-refractivity contribution is 0.0508. The molecule has 0 spiro atoms. The zero-order valence-corrected chi connectivity index (χ0v) is 36.6. The van der Waals surface area contributed by atoms with E-state index < -0.39 is 11.7 Å². The van der Waals surface area contributed by atoms with Gasteiger partial charge in [-0.3, -0.25) is 9.59 Å². The quantitative estimate of drug-likeness (QED) is 0.115. The van der Waals surface area contributed by atoms with Crippen molar-refractivity contribution in [3.8, 4) is 0 Å². The van der Waals surface area contributed by atoms with Crippen LogP contribution in [0.1, 0.15) is 91.6 Å². The van der Waals surface area contributed by atoms with E-state index in [1.807, 2.05) is 92.9 Å². The van der Waals surface area contributed by atoms with Crippen LogP contribution >= 0.6 is 12.4 Å². The molecule has 4 heterocycles. The second kappa shape index (κ2) is 20.0. The Hall–Kier alpha value is -6.38. The highest BCUT2D eigenvalue weighted by atomic mass is 35.5. The molecule has 15 heteroatoms. The zero-order valence-electron chi connectivity index (χ0n) is 35.7. The number of amides is 3. The Morgan fingerprint density at radius 2 is 1.15 bits per heavy atom. The van der Waals surface area contributed by atoms with E-state index in [0.717, 1.165) is 58.6 Å². The predicted octanol–water partition coefficient (Wildman–Crippen LogP) is 7.30. The van der Waals surface area contributed by atoms with Crippen molar-refractivity contribution in [2.24, 2.45) is 5.73 Å². The molecule has 2 saturated heterocycles. The van der Waals surface area contributed by atoms with Gasteiger partial charge in [0.1, 0.15) is 17.0 Å². The van der Waals surface area contributed by atoms with Gasteiger partial charge in [0, 0.05) is 44.6 Å². The summed E-state index contributed by atoms with van der Waals surface area (Å²) in [5.74, 6) is 0.571. The number of aromatic nitrogens is 4. The van der Waals surface area contributed by atoms with Crippen LogP contribution in [0.25, 0.3) is 21.5 Å². The normalized spacial score (nSPS) is 17.0. The summed E-state index contributed by atoms with van der Waals surface area (Å²) >= 11 is 0. The van der Waals surface area contributed by atoms with Crippen molar-refractivity contribution < 1.29 is 19.1 Å². The monoisotopic (exact) mass is 858 g/mol. The van der Waals surface area contributed by atoms with Gasteiger partial charge in [-0.25, -0.2) is 24.7 Å². The number of rotatable bonds is 9. The lowest BCUT2D eigenvalue weighted by atomic mass is 9.99. The van der Waals surface area contributed by atoms with Crippen molar-refractivity contribution in [3.63, 3.8) is 0 Å². The van der Waals surface area contributed by atoms with Gasteiger partial charge in [-0.05, 0) is 92.3 Å². The standard InChI is InChI=1S/C26H31N5O3.C21H23N5O.ClH/c1-17(20-11-7-9-18-8-5-6-10-21(18)20)28-23(32)22-12-14-27-24(30-22)31-15-13-19(16-31)29-25(33)34-26(2,3)4;1-14(17-8-4-6-15-5-2-3-7-18(15)17)24-20(27)19-9-11-23-21(25-19)26-12-10-16(22)13-26;/h5-12,14,17,19H,13,15-16H2,1-4H3,(H,28,32)(H,29,33);2-9,11,14,16H,10,12-13,22H2,1H3,(H,24,27);1H/t17-,19-;14-,16-;/m11./s1. The first-order valence-electron chi connectivity index (χ1n) is 20.8. The van der Waals surface area contributed by atoms with Crippen molar-refractivity contribution in [2.75, 3.05) is 36.0 Å². The molecule has 4 atom stereocenters. The summed E-state index contributed by atoms with van der Waals surface area (Å²) in [4.78, 5) is 59.4. The molecule has 2 fully saturated rings. The molecule has 0 saturated carbocycles. The fourth-order valence-corrected chi connectivity index (χ4v) is 7.71. The summed E-state index contributed by atoms with van der Waals surface area (Å²) < 4.78 is 5.34. The Morgan fingerprint density at radius 3 is 1.63 bits per heavy atom. The van der Waals surface area contributed by atoms with E-state index >= 15 is 0 Å². The molecule has 5 N–H and O–H groups in total. The van der Waals surface area contributed by atoms with Gasteiger partial charge in [0.2, 0.25) is 11.9 Å². The highest BCUT2D eigenvalue weighted by Crippen LogP contribution is 2.26. The average Bonchev–Trinajstić information content (AvgIpc) is 3.91. The Balaban J connectivity index is 0.000000209. The van der Waals surface area contributed by atoms with E-state index in [9.17, 15) is 14.4 Å². The van der Waals surface area contributed by atoms with E-state index in [1.165, 1.54) is 0 Å². The number of nitrogens with one attached hydrogen (secondary N) is 3. The van der Waals surface area contributed by atoms with Crippen molar-refractivity contribution in [3.05, 3.63) is 132 Å². The minimum atomic E-state index is -0.545. The highest BCUT2D eigenvalue weighted by molar-refractivity contribution is 5.94. The van der Waals surface area contributed by atoms with Crippen LogP contribution in [0.4, 0.5) is 16.7 Å². The third kappa shape index (κ3) is 11.3. The van der Waals surface area contributed by atoms with Crippen LogP contribution in [0.2, 0.25) is 0 Å². The van der Waals surface area contributed by atoms with E-state index in [2.05, 4.69) is 72.3 Å². The van der Waals surface area contributed by atoms with E-state index in [4.69, 9.17) is 10.5 Å². The number of ether oxygens (including phenoxy) is 1. The number of hydrogen-bond donors (Lipinski definition) is 4. The molecular weight excluding hydrogens is 804 g/mol. The summed E-state index contributed by atoms with van der Waals surface area (Å²) in [6.45, 7) is 12.2. The van der Waals surface area contributed by atoms with Crippen LogP contribution in [-0.2, 0) is 4.74 Å². The predicted molar refractivity (Wildman–Crippen MR) is 246 cm³/mol. The summed E-state index contributed by atoms with van der Waals surface area (Å²) in [5.41, 5.74) is 8.23. The first-order valence-corrected chi connectivity index (χ1v) is 20.8. The fraction of sp³-hybridized carbons (Fsp3) is 0.340. The molecule has 0 bridgehead atoms. The van der Waals surface area contributed by atoms with Crippen LogP contribution in [0.15, 0.2) is 109 Å².